The van der Waals surface area contributed by atoms with E-state index in [1.54, 1.807) is 6.07 Å². The van der Waals surface area contributed by atoms with Crippen molar-refractivity contribution in [2.24, 2.45) is 7.05 Å². The molecule has 1 aromatic heterocycles. The number of benzene rings is 1. The lowest BCUT2D eigenvalue weighted by atomic mass is 10.1. The molecule has 1 saturated heterocycles. The van der Waals surface area contributed by atoms with Crippen LogP contribution < -0.4 is 5.32 Å². The number of fused-ring (bicyclic) bond motifs is 1. The summed E-state index contributed by atoms with van der Waals surface area (Å²) in [4.78, 5) is 4.54. The van der Waals surface area contributed by atoms with Crippen molar-refractivity contribution in [1.29, 1.82) is 0 Å². The zero-order valence-electron chi connectivity index (χ0n) is 9.20. The number of hydrogen-bond acceptors (Lipinski definition) is 2. The third-order valence-corrected chi connectivity index (χ3v) is 3.30. The van der Waals surface area contributed by atoms with E-state index in [4.69, 9.17) is 0 Å². The van der Waals surface area contributed by atoms with Gasteiger partial charge in [-0.25, -0.2) is 9.37 Å². The Kier molecular flexibility index (Phi) is 2.17. The zero-order valence-corrected chi connectivity index (χ0v) is 9.20. The van der Waals surface area contributed by atoms with Crippen molar-refractivity contribution in [1.82, 2.24) is 14.9 Å². The van der Waals surface area contributed by atoms with Gasteiger partial charge in [-0.1, -0.05) is 0 Å². The van der Waals surface area contributed by atoms with Crippen molar-refractivity contribution in [3.05, 3.63) is 29.8 Å². The van der Waals surface area contributed by atoms with Crippen LogP contribution in [0.25, 0.3) is 11.0 Å². The first-order valence-corrected chi connectivity index (χ1v) is 5.58. The van der Waals surface area contributed by atoms with Gasteiger partial charge in [0.05, 0.1) is 11.0 Å². The lowest BCUT2D eigenvalue weighted by Crippen LogP contribution is -2.11. The van der Waals surface area contributed by atoms with Crippen LogP contribution in [0, 0.1) is 5.82 Å². The Labute approximate surface area is 93.3 Å². The molecule has 3 nitrogen and oxygen atoms in total. The fourth-order valence-electron chi connectivity index (χ4n) is 2.43. The molecule has 84 valence electrons. The Morgan fingerprint density at radius 3 is 3.12 bits per heavy atom. The van der Waals surface area contributed by atoms with Gasteiger partial charge in [0.25, 0.3) is 0 Å². The smallest absolute Gasteiger partial charge is 0.125 e. The van der Waals surface area contributed by atoms with Crippen molar-refractivity contribution >= 4 is 11.0 Å². The summed E-state index contributed by atoms with van der Waals surface area (Å²) in [6, 6.07) is 4.78. The molecule has 1 atom stereocenters. The predicted octanol–water partition coefficient (Wildman–Crippen LogP) is 1.79. The van der Waals surface area contributed by atoms with Gasteiger partial charge in [0.15, 0.2) is 0 Å². The molecule has 16 heavy (non-hydrogen) atoms. The first-order valence-electron chi connectivity index (χ1n) is 5.58. The molecule has 2 heterocycles. The molecule has 1 unspecified atom stereocenters. The second kappa shape index (κ2) is 3.56. The summed E-state index contributed by atoms with van der Waals surface area (Å²) in [6.45, 7) is 2.02. The van der Waals surface area contributed by atoms with Crippen LogP contribution in [0.15, 0.2) is 18.2 Å². The highest BCUT2D eigenvalue weighted by molar-refractivity contribution is 5.76. The minimum absolute atomic E-state index is 0.221. The van der Waals surface area contributed by atoms with Gasteiger partial charge in [0.1, 0.15) is 11.6 Å². The molecule has 1 aromatic carbocycles. The quantitative estimate of drug-likeness (QED) is 0.792. The average molecular weight is 219 g/mol. The Morgan fingerprint density at radius 1 is 1.50 bits per heavy atom. The fourth-order valence-corrected chi connectivity index (χ4v) is 2.43. The summed E-state index contributed by atoms with van der Waals surface area (Å²) in [7, 11) is 2.00. The van der Waals surface area contributed by atoms with E-state index in [2.05, 4.69) is 14.9 Å². The van der Waals surface area contributed by atoms with Gasteiger partial charge in [0, 0.05) is 25.6 Å². The Balaban J connectivity index is 2.14. The Hall–Kier alpha value is -1.42. The lowest BCUT2D eigenvalue weighted by molar-refractivity contribution is 0.629. The van der Waals surface area contributed by atoms with Crippen LogP contribution in [0.3, 0.4) is 0 Å². The van der Waals surface area contributed by atoms with Crippen LogP contribution >= 0.6 is 0 Å². The fraction of sp³-hybridized carbons (Fsp3) is 0.417. The van der Waals surface area contributed by atoms with Gasteiger partial charge < -0.3 is 9.88 Å². The molecule has 1 aliphatic rings. The van der Waals surface area contributed by atoms with Gasteiger partial charge in [-0.2, -0.15) is 0 Å². The molecule has 1 fully saturated rings. The summed E-state index contributed by atoms with van der Waals surface area (Å²) in [5.74, 6) is 1.30. The number of nitrogens with one attached hydrogen (secondary N) is 1. The zero-order chi connectivity index (χ0) is 11.1. The molecule has 0 bridgehead atoms. The maximum atomic E-state index is 13.1. The summed E-state index contributed by atoms with van der Waals surface area (Å²) in [5, 5.41) is 3.33. The van der Waals surface area contributed by atoms with Crippen LogP contribution in [-0.2, 0) is 7.05 Å². The second-order valence-electron chi connectivity index (χ2n) is 4.35. The van der Waals surface area contributed by atoms with Gasteiger partial charge in [-0.05, 0) is 25.1 Å². The average Bonchev–Trinajstić information content (AvgIpc) is 2.86. The van der Waals surface area contributed by atoms with Crippen LogP contribution in [0.5, 0.6) is 0 Å². The molecular formula is C12H14FN3. The van der Waals surface area contributed by atoms with Crippen LogP contribution in [-0.4, -0.2) is 22.6 Å². The van der Waals surface area contributed by atoms with E-state index in [9.17, 15) is 4.39 Å². The molecule has 0 spiro atoms. The molecular weight excluding hydrogens is 205 g/mol. The summed E-state index contributed by atoms with van der Waals surface area (Å²) in [6.07, 6.45) is 1.11. The van der Waals surface area contributed by atoms with E-state index in [-0.39, 0.29) is 5.82 Å². The number of halogens is 1. The minimum atomic E-state index is -0.221. The summed E-state index contributed by atoms with van der Waals surface area (Å²) < 4.78 is 15.2. The second-order valence-corrected chi connectivity index (χ2v) is 4.35. The normalized spacial score (nSPS) is 20.8. The first-order chi connectivity index (χ1) is 7.75. The highest BCUT2D eigenvalue weighted by Crippen LogP contribution is 2.25. The van der Waals surface area contributed by atoms with Crippen LogP contribution in [0.4, 0.5) is 4.39 Å². The van der Waals surface area contributed by atoms with E-state index < -0.39 is 0 Å². The highest BCUT2D eigenvalue weighted by atomic mass is 19.1. The SMILES string of the molecule is Cn1c(C2CCNC2)nc2cc(F)ccc21. The number of aryl methyl sites for hydroxylation is 1. The highest BCUT2D eigenvalue weighted by Gasteiger charge is 2.22. The van der Waals surface area contributed by atoms with E-state index in [0.29, 0.717) is 5.92 Å². The molecule has 1 aliphatic heterocycles. The van der Waals surface area contributed by atoms with Gasteiger partial charge in [-0.3, -0.25) is 0 Å². The van der Waals surface area contributed by atoms with E-state index in [1.165, 1.54) is 12.1 Å². The van der Waals surface area contributed by atoms with Crippen molar-refractivity contribution in [3.8, 4) is 0 Å². The third-order valence-electron chi connectivity index (χ3n) is 3.30. The maximum absolute atomic E-state index is 13.1. The number of nitrogens with zero attached hydrogens (tertiary/aromatic N) is 2. The molecule has 2 aromatic rings. The molecule has 0 radical (unpaired) electrons. The van der Waals surface area contributed by atoms with E-state index >= 15 is 0 Å². The number of rotatable bonds is 1. The van der Waals surface area contributed by atoms with Gasteiger partial charge >= 0.3 is 0 Å². The molecule has 0 aliphatic carbocycles. The van der Waals surface area contributed by atoms with Gasteiger partial charge in [0.2, 0.25) is 0 Å². The standard InChI is InChI=1S/C12H14FN3/c1-16-11-3-2-9(13)6-10(11)15-12(16)8-4-5-14-7-8/h2-3,6,8,14H,4-5,7H2,1H3. The van der Waals surface area contributed by atoms with Crippen LogP contribution in [0.1, 0.15) is 18.2 Å². The molecule has 3 rings (SSSR count). The van der Waals surface area contributed by atoms with Crippen LogP contribution in [0.2, 0.25) is 0 Å². The number of hydrogen-bond donors (Lipinski definition) is 1. The molecule has 0 saturated carbocycles. The monoisotopic (exact) mass is 219 g/mol. The van der Waals surface area contributed by atoms with Crippen molar-refractivity contribution in [2.75, 3.05) is 13.1 Å². The molecule has 0 amide bonds. The number of imidazole rings is 1. The molecule has 1 N–H and O–H groups in total. The summed E-state index contributed by atoms with van der Waals surface area (Å²) in [5.41, 5.74) is 1.76. The first kappa shape index (κ1) is 9.78. The van der Waals surface area contributed by atoms with Gasteiger partial charge in [-0.15, -0.1) is 0 Å². The third kappa shape index (κ3) is 1.41. The van der Waals surface area contributed by atoms with E-state index in [1.807, 2.05) is 7.05 Å². The number of aromatic nitrogens is 2. The minimum Gasteiger partial charge on any atom is -0.331 e. The largest absolute Gasteiger partial charge is 0.331 e. The lowest BCUT2D eigenvalue weighted by Gasteiger charge is -2.07. The molecule has 4 heteroatoms. The predicted molar refractivity (Wildman–Crippen MR) is 60.9 cm³/mol. The maximum Gasteiger partial charge on any atom is 0.125 e. The van der Waals surface area contributed by atoms with E-state index in [0.717, 1.165) is 36.4 Å². The Morgan fingerprint density at radius 2 is 2.38 bits per heavy atom. The van der Waals surface area contributed by atoms with Crippen molar-refractivity contribution in [3.63, 3.8) is 0 Å². The van der Waals surface area contributed by atoms with Crippen molar-refractivity contribution < 1.29 is 4.39 Å². The van der Waals surface area contributed by atoms with Crippen molar-refractivity contribution in [2.45, 2.75) is 12.3 Å². The Bertz CT molecular complexity index is 526. The topological polar surface area (TPSA) is 29.9 Å². The summed E-state index contributed by atoms with van der Waals surface area (Å²) >= 11 is 0.